The fourth-order valence-corrected chi connectivity index (χ4v) is 3.45. The lowest BCUT2D eigenvalue weighted by atomic mass is 10.2. The van der Waals surface area contributed by atoms with Gasteiger partial charge in [-0.25, -0.2) is 0 Å². The Morgan fingerprint density at radius 1 is 1.36 bits per heavy atom. The summed E-state index contributed by atoms with van der Waals surface area (Å²) in [6.07, 6.45) is 2.27. The third-order valence-corrected chi connectivity index (χ3v) is 4.89. The van der Waals surface area contributed by atoms with E-state index in [2.05, 4.69) is 15.5 Å². The summed E-state index contributed by atoms with van der Waals surface area (Å²) in [6, 6.07) is 8.86. The summed E-state index contributed by atoms with van der Waals surface area (Å²) in [5.74, 6) is 0.921. The second kappa shape index (κ2) is 7.93. The van der Waals surface area contributed by atoms with Crippen LogP contribution in [0.3, 0.4) is 0 Å². The Kier molecular flexibility index (Phi) is 5.21. The topological polar surface area (TPSA) is 99.2 Å². The van der Waals surface area contributed by atoms with Gasteiger partial charge in [-0.15, -0.1) is 0 Å². The van der Waals surface area contributed by atoms with E-state index in [1.165, 1.54) is 0 Å². The highest BCUT2D eigenvalue weighted by atomic mass is 16.5. The minimum Gasteiger partial charge on any atom is -0.368 e. The predicted octanol–water partition coefficient (Wildman–Crippen LogP) is 1.90. The maximum absolute atomic E-state index is 12.4. The van der Waals surface area contributed by atoms with Crippen molar-refractivity contribution in [3.63, 3.8) is 0 Å². The van der Waals surface area contributed by atoms with E-state index in [9.17, 15) is 9.59 Å². The van der Waals surface area contributed by atoms with Crippen LogP contribution in [0.1, 0.15) is 36.4 Å². The highest BCUT2D eigenvalue weighted by Crippen LogP contribution is 2.26. The summed E-state index contributed by atoms with van der Waals surface area (Å²) in [5.41, 5.74) is 1.46. The van der Waals surface area contributed by atoms with Crippen LogP contribution in [0.25, 0.3) is 10.9 Å². The molecule has 0 radical (unpaired) electrons. The standard InChI is InChI=1S/C20H22N4O4/c1-13-11-16(25)14-5-2-3-6-15(14)24(13)12-19(26)21-9-8-18-22-20(28-23-18)17-7-4-10-27-17/h2-3,5-6,11,17H,4,7-10,12H2,1H3,(H,21,26)/t17-/m0/s1. The third kappa shape index (κ3) is 3.82. The first-order valence-electron chi connectivity index (χ1n) is 9.42. The lowest BCUT2D eigenvalue weighted by Gasteiger charge is -2.14. The van der Waals surface area contributed by atoms with Gasteiger partial charge in [0.25, 0.3) is 5.89 Å². The molecule has 0 saturated carbocycles. The number of carbonyl (C=O) groups excluding carboxylic acids is 1. The Bertz CT molecular complexity index is 1050. The molecule has 1 fully saturated rings. The number of carbonyl (C=O) groups is 1. The Labute approximate surface area is 161 Å². The molecule has 1 saturated heterocycles. The van der Waals surface area contributed by atoms with Crippen LogP contribution in [-0.4, -0.2) is 33.8 Å². The van der Waals surface area contributed by atoms with E-state index in [-0.39, 0.29) is 24.0 Å². The number of nitrogens with zero attached hydrogens (tertiary/aromatic N) is 3. The Balaban J connectivity index is 1.36. The first-order valence-corrected chi connectivity index (χ1v) is 9.42. The maximum atomic E-state index is 12.4. The largest absolute Gasteiger partial charge is 0.368 e. The summed E-state index contributed by atoms with van der Waals surface area (Å²) in [4.78, 5) is 28.9. The normalized spacial score (nSPS) is 16.5. The van der Waals surface area contributed by atoms with Crippen molar-refractivity contribution in [3.8, 4) is 0 Å². The van der Waals surface area contributed by atoms with E-state index in [0.717, 1.165) is 30.7 Å². The Morgan fingerprint density at radius 2 is 2.21 bits per heavy atom. The van der Waals surface area contributed by atoms with Crippen molar-refractivity contribution in [2.45, 2.75) is 38.8 Å². The van der Waals surface area contributed by atoms with Gasteiger partial charge < -0.3 is 19.1 Å². The molecule has 2 aromatic heterocycles. The second-order valence-electron chi connectivity index (χ2n) is 6.90. The number of pyridine rings is 1. The van der Waals surface area contributed by atoms with Crippen molar-refractivity contribution in [3.05, 3.63) is 58.0 Å². The van der Waals surface area contributed by atoms with E-state index in [0.29, 0.717) is 30.1 Å². The van der Waals surface area contributed by atoms with Gasteiger partial charge >= 0.3 is 0 Å². The smallest absolute Gasteiger partial charge is 0.255 e. The van der Waals surface area contributed by atoms with E-state index in [4.69, 9.17) is 9.26 Å². The van der Waals surface area contributed by atoms with Gasteiger partial charge in [0.15, 0.2) is 11.3 Å². The van der Waals surface area contributed by atoms with Crippen LogP contribution < -0.4 is 10.7 Å². The molecule has 0 unspecified atom stereocenters. The van der Waals surface area contributed by atoms with Crippen LogP contribution in [0.15, 0.2) is 39.6 Å². The first-order chi connectivity index (χ1) is 13.6. The molecule has 0 bridgehead atoms. The Morgan fingerprint density at radius 3 is 3.04 bits per heavy atom. The average molecular weight is 382 g/mol. The van der Waals surface area contributed by atoms with Crippen LogP contribution in [0.5, 0.6) is 0 Å². The summed E-state index contributed by atoms with van der Waals surface area (Å²) >= 11 is 0. The van der Waals surface area contributed by atoms with Gasteiger partial charge in [-0.05, 0) is 31.9 Å². The predicted molar refractivity (Wildman–Crippen MR) is 102 cm³/mol. The molecular formula is C20H22N4O4. The van der Waals surface area contributed by atoms with E-state index in [1.807, 2.05) is 29.7 Å². The number of rotatable bonds is 6. The van der Waals surface area contributed by atoms with E-state index >= 15 is 0 Å². The number of para-hydroxylation sites is 1. The number of nitrogens with one attached hydrogen (secondary N) is 1. The minimum absolute atomic E-state index is 0.0380. The molecule has 1 aromatic carbocycles. The van der Waals surface area contributed by atoms with Gasteiger partial charge in [0.2, 0.25) is 5.91 Å². The number of benzene rings is 1. The summed E-state index contributed by atoms with van der Waals surface area (Å²) in [5, 5.41) is 7.43. The molecule has 4 rings (SSSR count). The fourth-order valence-electron chi connectivity index (χ4n) is 3.45. The molecular weight excluding hydrogens is 360 g/mol. The minimum atomic E-state index is -0.139. The molecule has 1 amide bonds. The lowest BCUT2D eigenvalue weighted by Crippen LogP contribution is -2.30. The van der Waals surface area contributed by atoms with Crippen molar-refractivity contribution in [2.75, 3.05) is 13.2 Å². The number of aryl methyl sites for hydroxylation is 1. The van der Waals surface area contributed by atoms with Crippen molar-refractivity contribution >= 4 is 16.8 Å². The number of fused-ring (bicyclic) bond motifs is 1. The van der Waals surface area contributed by atoms with E-state index in [1.54, 1.807) is 12.1 Å². The SMILES string of the molecule is Cc1cc(=O)c2ccccc2n1CC(=O)NCCc1noc([C@@H]2CCCO2)n1. The zero-order chi connectivity index (χ0) is 19.5. The van der Waals surface area contributed by atoms with E-state index < -0.39 is 0 Å². The highest BCUT2D eigenvalue weighted by molar-refractivity contribution is 5.82. The molecule has 1 atom stereocenters. The van der Waals surface area contributed by atoms with Crippen LogP contribution >= 0.6 is 0 Å². The molecule has 0 aliphatic carbocycles. The first kappa shape index (κ1) is 18.4. The molecule has 3 aromatic rings. The molecule has 1 aliphatic heterocycles. The Hall–Kier alpha value is -3.00. The van der Waals surface area contributed by atoms with Gasteiger partial charge in [-0.3, -0.25) is 9.59 Å². The number of ether oxygens (including phenoxy) is 1. The highest BCUT2D eigenvalue weighted by Gasteiger charge is 2.23. The maximum Gasteiger partial charge on any atom is 0.255 e. The fraction of sp³-hybridized carbons (Fsp3) is 0.400. The lowest BCUT2D eigenvalue weighted by molar-refractivity contribution is -0.121. The van der Waals surface area contributed by atoms with Crippen molar-refractivity contribution in [1.82, 2.24) is 20.0 Å². The number of hydrogen-bond donors (Lipinski definition) is 1. The molecule has 8 heteroatoms. The molecule has 1 aliphatic rings. The quantitative estimate of drug-likeness (QED) is 0.699. The molecule has 28 heavy (non-hydrogen) atoms. The molecule has 3 heterocycles. The monoisotopic (exact) mass is 382 g/mol. The second-order valence-corrected chi connectivity index (χ2v) is 6.90. The van der Waals surface area contributed by atoms with Gasteiger partial charge in [0.05, 0.1) is 5.52 Å². The van der Waals surface area contributed by atoms with Gasteiger partial charge in [0.1, 0.15) is 12.6 Å². The van der Waals surface area contributed by atoms with Gasteiger partial charge in [0, 0.05) is 36.7 Å². The van der Waals surface area contributed by atoms with Crippen LogP contribution in [0.4, 0.5) is 0 Å². The van der Waals surface area contributed by atoms with Crippen LogP contribution in [-0.2, 0) is 22.5 Å². The zero-order valence-corrected chi connectivity index (χ0v) is 15.7. The van der Waals surface area contributed by atoms with Crippen molar-refractivity contribution < 1.29 is 14.1 Å². The average Bonchev–Trinajstić information content (AvgIpc) is 3.37. The number of amides is 1. The molecule has 1 N–H and O–H groups in total. The third-order valence-electron chi connectivity index (χ3n) is 4.89. The van der Waals surface area contributed by atoms with Crippen molar-refractivity contribution in [1.29, 1.82) is 0 Å². The van der Waals surface area contributed by atoms with Crippen LogP contribution in [0, 0.1) is 6.92 Å². The van der Waals surface area contributed by atoms with Gasteiger partial charge in [-0.1, -0.05) is 17.3 Å². The molecule has 146 valence electrons. The summed E-state index contributed by atoms with van der Waals surface area (Å²) < 4.78 is 12.6. The summed E-state index contributed by atoms with van der Waals surface area (Å²) in [7, 11) is 0. The zero-order valence-electron chi connectivity index (χ0n) is 15.7. The number of aromatic nitrogens is 3. The molecule has 0 spiro atoms. The molecule has 8 nitrogen and oxygen atoms in total. The van der Waals surface area contributed by atoms with Crippen LogP contribution in [0.2, 0.25) is 0 Å². The van der Waals surface area contributed by atoms with Gasteiger partial charge in [-0.2, -0.15) is 4.98 Å². The number of hydrogen-bond acceptors (Lipinski definition) is 6. The summed E-state index contributed by atoms with van der Waals surface area (Å²) in [6.45, 7) is 3.09. The van der Waals surface area contributed by atoms with Crippen molar-refractivity contribution in [2.24, 2.45) is 0 Å².